The predicted octanol–water partition coefficient (Wildman–Crippen LogP) is 2.47. The summed E-state index contributed by atoms with van der Waals surface area (Å²) in [5.74, 6) is 0.782. The summed E-state index contributed by atoms with van der Waals surface area (Å²) in [7, 11) is 0. The van der Waals surface area contributed by atoms with E-state index in [-0.39, 0.29) is 5.91 Å². The molecule has 0 radical (unpaired) electrons. The highest BCUT2D eigenvalue weighted by molar-refractivity contribution is 6.30. The van der Waals surface area contributed by atoms with Crippen LogP contribution in [-0.4, -0.2) is 36.5 Å². The molecule has 2 atom stereocenters. The van der Waals surface area contributed by atoms with Crippen LogP contribution in [0.5, 0.6) is 0 Å². The zero-order valence-corrected chi connectivity index (χ0v) is 11.9. The van der Waals surface area contributed by atoms with Crippen molar-refractivity contribution < 1.29 is 4.79 Å². The molecule has 2 aliphatic rings. The lowest BCUT2D eigenvalue weighted by Gasteiger charge is -2.35. The summed E-state index contributed by atoms with van der Waals surface area (Å²) >= 11 is 5.95. The molecule has 0 bridgehead atoms. The topological polar surface area (TPSA) is 32.3 Å². The van der Waals surface area contributed by atoms with Crippen LogP contribution in [0.1, 0.15) is 28.8 Å². The number of carbonyl (C=O) groups is 1. The van der Waals surface area contributed by atoms with Crippen molar-refractivity contribution in [3.63, 3.8) is 0 Å². The molecule has 2 aliphatic heterocycles. The number of benzene rings is 1. The number of aryl methyl sites for hydroxylation is 1. The fraction of sp³-hybridized carbons (Fsp3) is 0.533. The molecule has 0 aromatic heterocycles. The molecular formula is C15H19ClN2O. The van der Waals surface area contributed by atoms with Crippen molar-refractivity contribution >= 4 is 17.5 Å². The molecule has 1 aromatic carbocycles. The van der Waals surface area contributed by atoms with E-state index in [9.17, 15) is 4.79 Å². The Bertz CT molecular complexity index is 503. The maximum atomic E-state index is 12.6. The fourth-order valence-corrected chi connectivity index (χ4v) is 3.50. The number of fused-ring (bicyclic) bond motifs is 1. The third-order valence-corrected chi connectivity index (χ3v) is 4.60. The van der Waals surface area contributed by atoms with Crippen LogP contribution in [0.15, 0.2) is 18.2 Å². The summed E-state index contributed by atoms with van der Waals surface area (Å²) < 4.78 is 0. The summed E-state index contributed by atoms with van der Waals surface area (Å²) in [6.45, 7) is 4.79. The lowest BCUT2D eigenvalue weighted by Crippen LogP contribution is -2.47. The zero-order chi connectivity index (χ0) is 13.4. The van der Waals surface area contributed by atoms with E-state index in [4.69, 9.17) is 11.6 Å². The molecule has 2 heterocycles. The predicted molar refractivity (Wildman–Crippen MR) is 76.6 cm³/mol. The first-order chi connectivity index (χ1) is 9.15. The van der Waals surface area contributed by atoms with E-state index >= 15 is 0 Å². The van der Waals surface area contributed by atoms with Crippen LogP contribution in [-0.2, 0) is 0 Å². The molecule has 2 fully saturated rings. The number of carbonyl (C=O) groups excluding carboxylic acids is 1. The molecule has 0 saturated carbocycles. The second-order valence-electron chi connectivity index (χ2n) is 5.61. The van der Waals surface area contributed by atoms with Gasteiger partial charge in [-0.3, -0.25) is 4.79 Å². The largest absolute Gasteiger partial charge is 0.338 e. The van der Waals surface area contributed by atoms with Gasteiger partial charge in [0.05, 0.1) is 0 Å². The molecule has 2 unspecified atom stereocenters. The van der Waals surface area contributed by atoms with Crippen molar-refractivity contribution in [3.05, 3.63) is 34.3 Å². The van der Waals surface area contributed by atoms with Crippen LogP contribution in [0.4, 0.5) is 0 Å². The van der Waals surface area contributed by atoms with Gasteiger partial charge in [-0.2, -0.15) is 0 Å². The van der Waals surface area contributed by atoms with Gasteiger partial charge in [0, 0.05) is 29.7 Å². The van der Waals surface area contributed by atoms with E-state index in [2.05, 4.69) is 5.32 Å². The van der Waals surface area contributed by atoms with Gasteiger partial charge in [0.25, 0.3) is 5.91 Å². The summed E-state index contributed by atoms with van der Waals surface area (Å²) in [4.78, 5) is 14.6. The van der Waals surface area contributed by atoms with E-state index in [1.807, 2.05) is 24.0 Å². The Morgan fingerprint density at radius 1 is 1.42 bits per heavy atom. The standard InChI is InChI=1S/C15H19ClN2O/c1-10-8-12(16)2-3-13(10)15(19)18-7-5-14-11(9-18)4-6-17-14/h2-3,8,11,14,17H,4-7,9H2,1H3. The molecule has 3 rings (SSSR count). The van der Waals surface area contributed by atoms with Crippen molar-refractivity contribution in [2.24, 2.45) is 5.92 Å². The maximum absolute atomic E-state index is 12.6. The number of nitrogens with zero attached hydrogens (tertiary/aromatic N) is 1. The van der Waals surface area contributed by atoms with Crippen LogP contribution >= 0.6 is 11.6 Å². The summed E-state index contributed by atoms with van der Waals surface area (Å²) in [5, 5.41) is 4.21. The van der Waals surface area contributed by atoms with Crippen molar-refractivity contribution in [2.45, 2.75) is 25.8 Å². The number of piperidine rings is 1. The number of amides is 1. The van der Waals surface area contributed by atoms with Gasteiger partial charge in [0.1, 0.15) is 0 Å². The minimum atomic E-state index is 0.152. The van der Waals surface area contributed by atoms with E-state index in [0.29, 0.717) is 17.0 Å². The molecule has 1 N–H and O–H groups in total. The first-order valence-corrected chi connectivity index (χ1v) is 7.32. The first kappa shape index (κ1) is 12.9. The lowest BCUT2D eigenvalue weighted by molar-refractivity contribution is 0.0661. The summed E-state index contributed by atoms with van der Waals surface area (Å²) in [5.41, 5.74) is 1.75. The van der Waals surface area contributed by atoms with Crippen LogP contribution in [0.3, 0.4) is 0 Å². The van der Waals surface area contributed by atoms with Gasteiger partial charge in [-0.1, -0.05) is 11.6 Å². The SMILES string of the molecule is Cc1cc(Cl)ccc1C(=O)N1CCC2NCCC2C1. The Labute approximate surface area is 118 Å². The highest BCUT2D eigenvalue weighted by Gasteiger charge is 2.34. The Kier molecular flexibility index (Phi) is 3.50. The van der Waals surface area contributed by atoms with Gasteiger partial charge in [-0.15, -0.1) is 0 Å². The average molecular weight is 279 g/mol. The smallest absolute Gasteiger partial charge is 0.254 e. The average Bonchev–Trinajstić information content (AvgIpc) is 2.85. The molecule has 1 amide bonds. The molecule has 102 valence electrons. The summed E-state index contributed by atoms with van der Waals surface area (Å²) in [6.07, 6.45) is 2.26. The minimum absolute atomic E-state index is 0.152. The van der Waals surface area contributed by atoms with Gasteiger partial charge in [0.15, 0.2) is 0 Å². The Balaban J connectivity index is 1.76. The lowest BCUT2D eigenvalue weighted by atomic mass is 9.92. The number of likely N-dealkylation sites (tertiary alicyclic amines) is 1. The Morgan fingerprint density at radius 3 is 3.05 bits per heavy atom. The molecule has 3 nitrogen and oxygen atoms in total. The quantitative estimate of drug-likeness (QED) is 0.856. The number of hydrogen-bond donors (Lipinski definition) is 1. The van der Waals surface area contributed by atoms with Crippen LogP contribution in [0.2, 0.25) is 5.02 Å². The van der Waals surface area contributed by atoms with E-state index < -0.39 is 0 Å². The van der Waals surface area contributed by atoms with E-state index in [1.54, 1.807) is 6.07 Å². The summed E-state index contributed by atoms with van der Waals surface area (Å²) in [6, 6.07) is 6.12. The van der Waals surface area contributed by atoms with E-state index in [1.165, 1.54) is 6.42 Å². The minimum Gasteiger partial charge on any atom is -0.338 e. The third-order valence-electron chi connectivity index (χ3n) is 4.36. The molecular weight excluding hydrogens is 260 g/mol. The molecule has 4 heteroatoms. The normalized spacial score (nSPS) is 26.3. The van der Waals surface area contributed by atoms with Gasteiger partial charge >= 0.3 is 0 Å². The van der Waals surface area contributed by atoms with Crippen molar-refractivity contribution in [1.29, 1.82) is 0 Å². The van der Waals surface area contributed by atoms with Crippen LogP contribution in [0.25, 0.3) is 0 Å². The van der Waals surface area contributed by atoms with Crippen LogP contribution < -0.4 is 5.32 Å². The molecule has 19 heavy (non-hydrogen) atoms. The van der Waals surface area contributed by atoms with E-state index in [0.717, 1.165) is 37.2 Å². The van der Waals surface area contributed by atoms with Crippen LogP contribution in [0, 0.1) is 12.8 Å². The molecule has 0 spiro atoms. The van der Waals surface area contributed by atoms with Gasteiger partial charge < -0.3 is 10.2 Å². The number of halogens is 1. The third kappa shape index (κ3) is 2.49. The van der Waals surface area contributed by atoms with Crippen molar-refractivity contribution in [3.8, 4) is 0 Å². The highest BCUT2D eigenvalue weighted by atomic mass is 35.5. The van der Waals surface area contributed by atoms with Gasteiger partial charge in [0.2, 0.25) is 0 Å². The van der Waals surface area contributed by atoms with Crippen molar-refractivity contribution in [2.75, 3.05) is 19.6 Å². The highest BCUT2D eigenvalue weighted by Crippen LogP contribution is 2.26. The zero-order valence-electron chi connectivity index (χ0n) is 11.2. The monoisotopic (exact) mass is 278 g/mol. The fourth-order valence-electron chi connectivity index (χ4n) is 3.27. The number of nitrogens with one attached hydrogen (secondary N) is 1. The van der Waals surface area contributed by atoms with Gasteiger partial charge in [-0.25, -0.2) is 0 Å². The maximum Gasteiger partial charge on any atom is 0.254 e. The second-order valence-corrected chi connectivity index (χ2v) is 6.04. The molecule has 0 aliphatic carbocycles. The molecule has 1 aromatic rings. The second kappa shape index (κ2) is 5.14. The molecule has 2 saturated heterocycles. The van der Waals surface area contributed by atoms with Crippen molar-refractivity contribution in [1.82, 2.24) is 10.2 Å². The van der Waals surface area contributed by atoms with Gasteiger partial charge in [-0.05, 0) is 56.0 Å². The Morgan fingerprint density at radius 2 is 2.26 bits per heavy atom. The number of hydrogen-bond acceptors (Lipinski definition) is 2. The first-order valence-electron chi connectivity index (χ1n) is 6.94. The number of rotatable bonds is 1. The Hall–Kier alpha value is -1.06.